The second-order valence-electron chi connectivity index (χ2n) is 3.05. The molecule has 2 heterocycles. The molecule has 0 unspecified atom stereocenters. The number of aryl methyl sites for hydroxylation is 1. The normalized spacial score (nSPS) is 33.0. The SMILES string of the molecule is CCC1(c2noc(C)n2)OC(C)O1. The van der Waals surface area contributed by atoms with Crippen molar-refractivity contribution in [2.24, 2.45) is 0 Å². The number of nitrogens with zero attached hydrogens (tertiary/aromatic N) is 2. The standard InChI is InChI=1S/C8H12N2O3/c1-4-8(11-6(3)12-8)7-9-5(2)13-10-7/h6H,4H2,1-3H3. The van der Waals surface area contributed by atoms with Crippen molar-refractivity contribution >= 4 is 0 Å². The zero-order valence-electron chi connectivity index (χ0n) is 7.90. The minimum atomic E-state index is -0.767. The molecule has 72 valence electrons. The number of rotatable bonds is 2. The van der Waals surface area contributed by atoms with Gasteiger partial charge in [0.05, 0.1) is 0 Å². The fraction of sp³-hybridized carbons (Fsp3) is 0.750. The maximum Gasteiger partial charge on any atom is 0.238 e. The number of hydrogen-bond donors (Lipinski definition) is 0. The Morgan fingerprint density at radius 1 is 1.46 bits per heavy atom. The lowest BCUT2D eigenvalue weighted by molar-refractivity contribution is -0.460. The van der Waals surface area contributed by atoms with Gasteiger partial charge in [-0.15, -0.1) is 0 Å². The van der Waals surface area contributed by atoms with E-state index < -0.39 is 5.79 Å². The highest BCUT2D eigenvalue weighted by atomic mass is 16.9. The minimum Gasteiger partial charge on any atom is -0.339 e. The van der Waals surface area contributed by atoms with Crippen LogP contribution in [0.1, 0.15) is 32.0 Å². The summed E-state index contributed by atoms with van der Waals surface area (Å²) in [7, 11) is 0. The fourth-order valence-electron chi connectivity index (χ4n) is 1.43. The summed E-state index contributed by atoms with van der Waals surface area (Å²) in [6.45, 7) is 5.53. The van der Waals surface area contributed by atoms with Gasteiger partial charge < -0.3 is 14.0 Å². The van der Waals surface area contributed by atoms with Crippen LogP contribution in [0.25, 0.3) is 0 Å². The van der Waals surface area contributed by atoms with Crippen LogP contribution in [0.4, 0.5) is 0 Å². The molecule has 0 atom stereocenters. The van der Waals surface area contributed by atoms with Gasteiger partial charge in [-0.05, 0) is 6.92 Å². The van der Waals surface area contributed by atoms with Gasteiger partial charge in [0.15, 0.2) is 6.29 Å². The van der Waals surface area contributed by atoms with Crippen LogP contribution in [0.15, 0.2) is 4.52 Å². The molecule has 1 aromatic heterocycles. The number of aromatic nitrogens is 2. The summed E-state index contributed by atoms with van der Waals surface area (Å²) in [6.07, 6.45) is 0.495. The van der Waals surface area contributed by atoms with Gasteiger partial charge in [0.2, 0.25) is 17.5 Å². The van der Waals surface area contributed by atoms with Crippen molar-refractivity contribution in [1.29, 1.82) is 0 Å². The summed E-state index contributed by atoms with van der Waals surface area (Å²) in [5.41, 5.74) is 0. The molecule has 5 nitrogen and oxygen atoms in total. The zero-order valence-corrected chi connectivity index (χ0v) is 7.90. The highest BCUT2D eigenvalue weighted by Gasteiger charge is 2.48. The summed E-state index contributed by atoms with van der Waals surface area (Å²) in [5, 5.41) is 3.78. The van der Waals surface area contributed by atoms with E-state index in [1.54, 1.807) is 6.92 Å². The molecule has 0 radical (unpaired) electrons. The Labute approximate surface area is 76.0 Å². The van der Waals surface area contributed by atoms with E-state index in [2.05, 4.69) is 10.1 Å². The lowest BCUT2D eigenvalue weighted by Gasteiger charge is -2.43. The monoisotopic (exact) mass is 184 g/mol. The Morgan fingerprint density at radius 3 is 2.54 bits per heavy atom. The highest BCUT2D eigenvalue weighted by Crippen LogP contribution is 2.39. The first-order chi connectivity index (χ1) is 6.16. The number of hydrogen-bond acceptors (Lipinski definition) is 5. The smallest absolute Gasteiger partial charge is 0.238 e. The van der Waals surface area contributed by atoms with Crippen LogP contribution < -0.4 is 0 Å². The van der Waals surface area contributed by atoms with E-state index in [1.165, 1.54) is 0 Å². The Kier molecular flexibility index (Phi) is 1.85. The van der Waals surface area contributed by atoms with E-state index in [0.717, 1.165) is 0 Å². The average Bonchev–Trinajstić information content (AvgIpc) is 2.46. The lowest BCUT2D eigenvalue weighted by Crippen LogP contribution is -2.50. The van der Waals surface area contributed by atoms with Crippen molar-refractivity contribution in [3.8, 4) is 0 Å². The summed E-state index contributed by atoms with van der Waals surface area (Å²) < 4.78 is 15.8. The highest BCUT2D eigenvalue weighted by molar-refractivity contribution is 4.98. The quantitative estimate of drug-likeness (QED) is 0.694. The second kappa shape index (κ2) is 2.78. The first-order valence-corrected chi connectivity index (χ1v) is 4.33. The van der Waals surface area contributed by atoms with Crippen molar-refractivity contribution in [2.75, 3.05) is 0 Å². The second-order valence-corrected chi connectivity index (χ2v) is 3.05. The van der Waals surface area contributed by atoms with E-state index in [9.17, 15) is 0 Å². The van der Waals surface area contributed by atoms with Crippen molar-refractivity contribution in [3.63, 3.8) is 0 Å². The fourth-order valence-corrected chi connectivity index (χ4v) is 1.43. The molecule has 1 fully saturated rings. The molecule has 1 saturated heterocycles. The summed E-state index contributed by atoms with van der Waals surface area (Å²) in [5.74, 6) is 0.233. The Balaban J connectivity index is 2.23. The third-order valence-corrected chi connectivity index (χ3v) is 2.05. The molecule has 5 heteroatoms. The van der Waals surface area contributed by atoms with Gasteiger partial charge in [0.25, 0.3) is 0 Å². The van der Waals surface area contributed by atoms with Gasteiger partial charge in [-0.2, -0.15) is 4.98 Å². The number of ether oxygens (including phenoxy) is 2. The van der Waals surface area contributed by atoms with Crippen LogP contribution in [-0.2, 0) is 15.3 Å². The van der Waals surface area contributed by atoms with Crippen LogP contribution in [0, 0.1) is 6.92 Å². The maximum atomic E-state index is 5.47. The molecule has 0 amide bonds. The largest absolute Gasteiger partial charge is 0.339 e. The van der Waals surface area contributed by atoms with Crippen LogP contribution in [-0.4, -0.2) is 16.4 Å². The Morgan fingerprint density at radius 2 is 2.15 bits per heavy atom. The molecule has 1 aliphatic rings. The average molecular weight is 184 g/mol. The molecule has 0 saturated carbocycles. The summed E-state index contributed by atoms with van der Waals surface area (Å²) in [6, 6.07) is 0. The lowest BCUT2D eigenvalue weighted by atomic mass is 10.1. The van der Waals surface area contributed by atoms with Gasteiger partial charge in [0.1, 0.15) is 0 Å². The first-order valence-electron chi connectivity index (χ1n) is 4.33. The molecule has 0 bridgehead atoms. The predicted octanol–water partition coefficient (Wildman–Crippen LogP) is 1.33. The summed E-state index contributed by atoms with van der Waals surface area (Å²) in [4.78, 5) is 4.08. The third kappa shape index (κ3) is 1.24. The molecule has 1 aliphatic heterocycles. The van der Waals surface area contributed by atoms with Crippen LogP contribution in [0.3, 0.4) is 0 Å². The molecule has 0 N–H and O–H groups in total. The van der Waals surface area contributed by atoms with Gasteiger partial charge >= 0.3 is 0 Å². The van der Waals surface area contributed by atoms with Crippen molar-refractivity contribution in [2.45, 2.75) is 39.3 Å². The molecule has 1 aromatic rings. The van der Waals surface area contributed by atoms with Crippen molar-refractivity contribution < 1.29 is 14.0 Å². The summed E-state index contributed by atoms with van der Waals surface area (Å²) >= 11 is 0. The topological polar surface area (TPSA) is 57.4 Å². The van der Waals surface area contributed by atoms with E-state index in [0.29, 0.717) is 18.1 Å². The maximum absolute atomic E-state index is 5.47. The van der Waals surface area contributed by atoms with E-state index >= 15 is 0 Å². The van der Waals surface area contributed by atoms with E-state index in [-0.39, 0.29) is 6.29 Å². The minimum absolute atomic E-state index is 0.182. The molecular formula is C8H12N2O3. The first kappa shape index (κ1) is 8.65. The van der Waals surface area contributed by atoms with Crippen molar-refractivity contribution in [3.05, 3.63) is 11.7 Å². The Hall–Kier alpha value is -0.940. The van der Waals surface area contributed by atoms with Gasteiger partial charge in [-0.25, -0.2) is 0 Å². The molecule has 0 aliphatic carbocycles. The molecule has 0 aromatic carbocycles. The van der Waals surface area contributed by atoms with Gasteiger partial charge in [-0.3, -0.25) is 0 Å². The van der Waals surface area contributed by atoms with Gasteiger partial charge in [0, 0.05) is 13.3 Å². The van der Waals surface area contributed by atoms with Crippen LogP contribution >= 0.6 is 0 Å². The molecular weight excluding hydrogens is 172 g/mol. The van der Waals surface area contributed by atoms with Crippen molar-refractivity contribution in [1.82, 2.24) is 10.1 Å². The predicted molar refractivity (Wildman–Crippen MR) is 42.6 cm³/mol. The Bertz CT molecular complexity index is 304. The third-order valence-electron chi connectivity index (χ3n) is 2.05. The van der Waals surface area contributed by atoms with E-state index in [4.69, 9.17) is 14.0 Å². The molecule has 13 heavy (non-hydrogen) atoms. The van der Waals surface area contributed by atoms with Crippen LogP contribution in [0.5, 0.6) is 0 Å². The molecule has 0 spiro atoms. The van der Waals surface area contributed by atoms with Crippen LogP contribution in [0.2, 0.25) is 0 Å². The van der Waals surface area contributed by atoms with Gasteiger partial charge in [-0.1, -0.05) is 12.1 Å². The van der Waals surface area contributed by atoms with E-state index in [1.807, 2.05) is 13.8 Å². The molecule has 2 rings (SSSR count). The zero-order chi connectivity index (χ0) is 9.47.